The maximum atomic E-state index is 5.40. The van der Waals surface area contributed by atoms with E-state index in [2.05, 4.69) is 34.5 Å². The molecule has 0 bridgehead atoms. The molecule has 1 fully saturated rings. The lowest BCUT2D eigenvalue weighted by Gasteiger charge is -2.20. The molecule has 5 heteroatoms. The molecule has 0 aliphatic carbocycles. The normalized spacial score (nSPS) is 19.5. The molecule has 1 aliphatic rings. The molecule has 1 aliphatic heterocycles. The predicted octanol–water partition coefficient (Wildman–Crippen LogP) is 1.63. The van der Waals surface area contributed by atoms with Gasteiger partial charge in [-0.05, 0) is 18.1 Å². The van der Waals surface area contributed by atoms with Crippen LogP contribution in [-0.4, -0.2) is 29.9 Å². The van der Waals surface area contributed by atoms with Gasteiger partial charge in [0.05, 0.1) is 25.7 Å². The van der Waals surface area contributed by atoms with E-state index >= 15 is 0 Å². The van der Waals surface area contributed by atoms with E-state index in [1.165, 1.54) is 11.1 Å². The lowest BCUT2D eigenvalue weighted by atomic mass is 10.1. The second-order valence-electron chi connectivity index (χ2n) is 4.73. The van der Waals surface area contributed by atoms with Crippen molar-refractivity contribution in [2.45, 2.75) is 19.4 Å². The van der Waals surface area contributed by atoms with Crippen molar-refractivity contribution >= 4 is 0 Å². The van der Waals surface area contributed by atoms with Gasteiger partial charge >= 0.3 is 0 Å². The van der Waals surface area contributed by atoms with Crippen LogP contribution < -0.4 is 5.32 Å². The molecule has 19 heavy (non-hydrogen) atoms. The van der Waals surface area contributed by atoms with Crippen molar-refractivity contribution in [3.05, 3.63) is 47.1 Å². The van der Waals surface area contributed by atoms with Gasteiger partial charge in [-0.3, -0.25) is 0 Å². The number of hydrogen-bond donors (Lipinski definition) is 1. The lowest BCUT2D eigenvalue weighted by molar-refractivity contribution is 0.0734. The molecule has 2 heterocycles. The van der Waals surface area contributed by atoms with E-state index in [4.69, 9.17) is 9.26 Å². The molecule has 2 aromatic rings. The fourth-order valence-corrected chi connectivity index (χ4v) is 2.18. The van der Waals surface area contributed by atoms with Gasteiger partial charge in [0.1, 0.15) is 0 Å². The molecule has 1 atom stereocenters. The summed E-state index contributed by atoms with van der Waals surface area (Å²) in [6.07, 6.45) is 0.674. The molecule has 3 rings (SSSR count). The van der Waals surface area contributed by atoms with E-state index in [0.717, 1.165) is 13.2 Å². The first-order valence-electron chi connectivity index (χ1n) is 6.51. The molecule has 0 spiro atoms. The number of rotatable bonds is 3. The summed E-state index contributed by atoms with van der Waals surface area (Å²) in [5.41, 5.74) is 2.45. The quantitative estimate of drug-likeness (QED) is 0.907. The first kappa shape index (κ1) is 12.3. The second kappa shape index (κ2) is 5.50. The van der Waals surface area contributed by atoms with Gasteiger partial charge in [-0.15, -0.1) is 0 Å². The van der Waals surface area contributed by atoms with Crippen LogP contribution in [0.1, 0.15) is 28.9 Å². The van der Waals surface area contributed by atoms with Crippen molar-refractivity contribution < 1.29 is 9.26 Å². The Hall–Kier alpha value is -1.72. The Morgan fingerprint density at radius 1 is 1.37 bits per heavy atom. The number of nitrogens with one attached hydrogen (secondary N) is 1. The van der Waals surface area contributed by atoms with E-state index in [9.17, 15) is 0 Å². The van der Waals surface area contributed by atoms with Crippen molar-refractivity contribution in [1.29, 1.82) is 0 Å². The minimum atomic E-state index is 0.0446. The molecular weight excluding hydrogens is 242 g/mol. The predicted molar refractivity (Wildman–Crippen MR) is 69.8 cm³/mol. The van der Waals surface area contributed by atoms with Gasteiger partial charge in [0.2, 0.25) is 5.89 Å². The van der Waals surface area contributed by atoms with E-state index < -0.39 is 0 Å². The number of ether oxygens (including phenoxy) is 1. The molecule has 1 aromatic heterocycles. The van der Waals surface area contributed by atoms with Gasteiger partial charge in [-0.1, -0.05) is 29.4 Å². The van der Waals surface area contributed by atoms with Crippen molar-refractivity contribution in [3.8, 4) is 0 Å². The molecular formula is C14H17N3O2. The number of nitrogens with zero attached hydrogens (tertiary/aromatic N) is 2. The summed E-state index contributed by atoms with van der Waals surface area (Å²) in [6.45, 7) is 4.25. The van der Waals surface area contributed by atoms with Crippen LogP contribution in [0.5, 0.6) is 0 Å². The van der Waals surface area contributed by atoms with E-state index in [0.29, 0.717) is 24.7 Å². The Kier molecular flexibility index (Phi) is 3.57. The van der Waals surface area contributed by atoms with Crippen LogP contribution in [0.15, 0.2) is 28.8 Å². The highest BCUT2D eigenvalue weighted by Crippen LogP contribution is 2.16. The van der Waals surface area contributed by atoms with Crippen LogP contribution in [0, 0.1) is 6.92 Å². The maximum Gasteiger partial charge on any atom is 0.231 e. The van der Waals surface area contributed by atoms with Gasteiger partial charge in [0, 0.05) is 6.54 Å². The Balaban J connectivity index is 1.73. The smallest absolute Gasteiger partial charge is 0.231 e. The third-order valence-electron chi connectivity index (χ3n) is 3.32. The fourth-order valence-electron chi connectivity index (χ4n) is 2.18. The first-order valence-corrected chi connectivity index (χ1v) is 6.51. The standard InChI is InChI=1S/C14H17N3O2/c1-10-4-2-3-5-11(10)8-13-16-14(17-19-13)12-9-18-7-6-15-12/h2-5,12,15H,6-9H2,1H3/t12-/m0/s1. The summed E-state index contributed by atoms with van der Waals surface area (Å²) in [5, 5.41) is 7.35. The van der Waals surface area contributed by atoms with Gasteiger partial charge in [0.25, 0.3) is 0 Å². The Bertz CT molecular complexity index is 547. The van der Waals surface area contributed by atoms with Crippen molar-refractivity contribution in [1.82, 2.24) is 15.5 Å². The second-order valence-corrected chi connectivity index (χ2v) is 4.73. The zero-order chi connectivity index (χ0) is 13.1. The third kappa shape index (κ3) is 2.83. The van der Waals surface area contributed by atoms with Crippen LogP contribution >= 0.6 is 0 Å². The van der Waals surface area contributed by atoms with E-state index in [1.807, 2.05) is 12.1 Å². The number of aryl methyl sites for hydroxylation is 1. The van der Waals surface area contributed by atoms with Crippen LogP contribution in [0.4, 0.5) is 0 Å². The molecule has 0 amide bonds. The van der Waals surface area contributed by atoms with E-state index in [1.54, 1.807) is 0 Å². The molecule has 1 N–H and O–H groups in total. The summed E-state index contributed by atoms with van der Waals surface area (Å²) >= 11 is 0. The number of aromatic nitrogens is 2. The minimum absolute atomic E-state index is 0.0446. The van der Waals surface area contributed by atoms with E-state index in [-0.39, 0.29) is 6.04 Å². The third-order valence-corrected chi connectivity index (χ3v) is 3.32. The summed E-state index contributed by atoms with van der Waals surface area (Å²) in [6, 6.07) is 8.27. The average molecular weight is 259 g/mol. The number of hydrogen-bond acceptors (Lipinski definition) is 5. The highest BCUT2D eigenvalue weighted by molar-refractivity contribution is 5.27. The Morgan fingerprint density at radius 3 is 3.05 bits per heavy atom. The molecule has 5 nitrogen and oxygen atoms in total. The number of morpholine rings is 1. The molecule has 1 saturated heterocycles. The van der Waals surface area contributed by atoms with Crippen molar-refractivity contribution in [3.63, 3.8) is 0 Å². The van der Waals surface area contributed by atoms with Crippen molar-refractivity contribution in [2.24, 2.45) is 0 Å². The minimum Gasteiger partial charge on any atom is -0.378 e. The van der Waals surface area contributed by atoms with Crippen LogP contribution in [-0.2, 0) is 11.2 Å². The highest BCUT2D eigenvalue weighted by atomic mass is 16.5. The summed E-state index contributed by atoms with van der Waals surface area (Å²) in [5.74, 6) is 1.33. The van der Waals surface area contributed by atoms with Gasteiger partial charge < -0.3 is 14.6 Å². The molecule has 1 aromatic carbocycles. The summed E-state index contributed by atoms with van der Waals surface area (Å²) < 4.78 is 10.7. The fraction of sp³-hybridized carbons (Fsp3) is 0.429. The molecule has 0 saturated carbocycles. The van der Waals surface area contributed by atoms with Crippen LogP contribution in [0.3, 0.4) is 0 Å². The zero-order valence-electron chi connectivity index (χ0n) is 10.9. The molecule has 100 valence electrons. The Labute approximate surface area is 112 Å². The lowest BCUT2D eigenvalue weighted by Crippen LogP contribution is -2.35. The summed E-state index contributed by atoms with van der Waals surface area (Å²) in [7, 11) is 0. The SMILES string of the molecule is Cc1ccccc1Cc1nc([C@@H]2COCCN2)no1. The van der Waals surface area contributed by atoms with Crippen LogP contribution in [0.25, 0.3) is 0 Å². The van der Waals surface area contributed by atoms with Gasteiger partial charge in [0.15, 0.2) is 5.82 Å². The molecule has 0 radical (unpaired) electrons. The average Bonchev–Trinajstić information content (AvgIpc) is 2.91. The van der Waals surface area contributed by atoms with Crippen LogP contribution in [0.2, 0.25) is 0 Å². The number of benzene rings is 1. The van der Waals surface area contributed by atoms with Gasteiger partial charge in [-0.2, -0.15) is 4.98 Å². The highest BCUT2D eigenvalue weighted by Gasteiger charge is 2.21. The topological polar surface area (TPSA) is 60.2 Å². The Morgan fingerprint density at radius 2 is 2.26 bits per heavy atom. The molecule has 0 unspecified atom stereocenters. The largest absolute Gasteiger partial charge is 0.378 e. The monoisotopic (exact) mass is 259 g/mol. The maximum absolute atomic E-state index is 5.40. The first-order chi connectivity index (χ1) is 9.33. The zero-order valence-corrected chi connectivity index (χ0v) is 10.9. The summed E-state index contributed by atoms with van der Waals surface area (Å²) in [4.78, 5) is 4.45. The van der Waals surface area contributed by atoms with Crippen molar-refractivity contribution in [2.75, 3.05) is 19.8 Å². The van der Waals surface area contributed by atoms with Gasteiger partial charge in [-0.25, -0.2) is 0 Å².